The molecular formula is C19H20O3. The number of hydrogen-bond donors (Lipinski definition) is 0. The lowest BCUT2D eigenvalue weighted by Crippen LogP contribution is -2.15. The van der Waals surface area contributed by atoms with E-state index in [1.807, 2.05) is 6.07 Å². The fourth-order valence-corrected chi connectivity index (χ4v) is 2.97. The maximum absolute atomic E-state index is 11.5. The lowest BCUT2D eigenvalue weighted by atomic mass is 9.89. The minimum absolute atomic E-state index is 0.0212. The van der Waals surface area contributed by atoms with E-state index in [9.17, 15) is 4.79 Å². The van der Waals surface area contributed by atoms with Crippen LogP contribution in [0.25, 0.3) is 0 Å². The highest BCUT2D eigenvalue weighted by molar-refractivity contribution is 5.94. The second-order valence-corrected chi connectivity index (χ2v) is 5.62. The van der Waals surface area contributed by atoms with Crippen LogP contribution in [0.4, 0.5) is 0 Å². The van der Waals surface area contributed by atoms with Gasteiger partial charge in [-0.15, -0.1) is 0 Å². The first-order valence-electron chi connectivity index (χ1n) is 7.62. The summed E-state index contributed by atoms with van der Waals surface area (Å²) in [6.45, 7) is 1.55. The van der Waals surface area contributed by atoms with Crippen molar-refractivity contribution in [1.29, 1.82) is 0 Å². The minimum atomic E-state index is 0.0212. The molecule has 0 spiro atoms. The molecular weight excluding hydrogens is 276 g/mol. The van der Waals surface area contributed by atoms with E-state index in [0.29, 0.717) is 17.1 Å². The van der Waals surface area contributed by atoms with Gasteiger partial charge >= 0.3 is 0 Å². The van der Waals surface area contributed by atoms with Gasteiger partial charge in [0, 0.05) is 5.56 Å². The van der Waals surface area contributed by atoms with Crippen molar-refractivity contribution in [2.75, 3.05) is 7.11 Å². The third-order valence-corrected chi connectivity index (χ3v) is 4.15. The number of hydrogen-bond acceptors (Lipinski definition) is 3. The van der Waals surface area contributed by atoms with Crippen molar-refractivity contribution in [2.24, 2.45) is 0 Å². The van der Waals surface area contributed by atoms with Crippen molar-refractivity contribution < 1.29 is 14.3 Å². The number of benzene rings is 2. The molecule has 0 heterocycles. The maximum Gasteiger partial charge on any atom is 0.162 e. The fraction of sp³-hybridized carbons (Fsp3) is 0.316. The van der Waals surface area contributed by atoms with Gasteiger partial charge < -0.3 is 9.47 Å². The van der Waals surface area contributed by atoms with Crippen LogP contribution in [-0.4, -0.2) is 12.9 Å². The SMILES string of the molecule is COc1cc(C(C)=O)ccc1OC1CCCc2ccccc21. The lowest BCUT2D eigenvalue weighted by molar-refractivity contribution is 0.101. The molecule has 1 unspecified atom stereocenters. The summed E-state index contributed by atoms with van der Waals surface area (Å²) in [6, 6.07) is 13.8. The van der Waals surface area contributed by atoms with Crippen molar-refractivity contribution in [3.8, 4) is 11.5 Å². The molecule has 3 nitrogen and oxygen atoms in total. The van der Waals surface area contributed by atoms with Gasteiger partial charge in [-0.2, -0.15) is 0 Å². The summed E-state index contributed by atoms with van der Waals surface area (Å²) in [4.78, 5) is 11.5. The number of aryl methyl sites for hydroxylation is 1. The number of rotatable bonds is 4. The monoisotopic (exact) mass is 296 g/mol. The van der Waals surface area contributed by atoms with E-state index in [1.165, 1.54) is 11.1 Å². The first kappa shape index (κ1) is 14.6. The molecule has 0 aliphatic heterocycles. The number of ether oxygens (including phenoxy) is 2. The van der Waals surface area contributed by atoms with Crippen LogP contribution in [0.5, 0.6) is 11.5 Å². The van der Waals surface area contributed by atoms with Crippen LogP contribution in [0.3, 0.4) is 0 Å². The highest BCUT2D eigenvalue weighted by Crippen LogP contribution is 2.37. The average molecular weight is 296 g/mol. The summed E-state index contributed by atoms with van der Waals surface area (Å²) < 4.78 is 11.6. The third kappa shape index (κ3) is 2.84. The van der Waals surface area contributed by atoms with Crippen molar-refractivity contribution in [2.45, 2.75) is 32.3 Å². The molecule has 0 fully saturated rings. The predicted octanol–water partition coefficient (Wildman–Crippen LogP) is 4.35. The van der Waals surface area contributed by atoms with Crippen molar-refractivity contribution in [1.82, 2.24) is 0 Å². The average Bonchev–Trinajstić information content (AvgIpc) is 2.55. The van der Waals surface area contributed by atoms with E-state index in [2.05, 4.69) is 24.3 Å². The van der Waals surface area contributed by atoms with Crippen LogP contribution in [0.15, 0.2) is 42.5 Å². The maximum atomic E-state index is 11.5. The molecule has 2 aromatic carbocycles. The smallest absolute Gasteiger partial charge is 0.162 e. The van der Waals surface area contributed by atoms with Crippen LogP contribution in [0.1, 0.15) is 47.4 Å². The topological polar surface area (TPSA) is 35.5 Å². The summed E-state index contributed by atoms with van der Waals surface area (Å²) in [5.41, 5.74) is 3.25. The van der Waals surface area contributed by atoms with Crippen LogP contribution >= 0.6 is 0 Å². The van der Waals surface area contributed by atoms with Crippen molar-refractivity contribution in [3.05, 3.63) is 59.2 Å². The number of ketones is 1. The molecule has 1 aliphatic carbocycles. The molecule has 0 radical (unpaired) electrons. The molecule has 0 bridgehead atoms. The van der Waals surface area contributed by atoms with Gasteiger partial charge in [0.05, 0.1) is 7.11 Å². The van der Waals surface area contributed by atoms with Gasteiger partial charge in [-0.3, -0.25) is 4.79 Å². The van der Waals surface area contributed by atoms with Gasteiger partial charge in [0.15, 0.2) is 17.3 Å². The van der Waals surface area contributed by atoms with E-state index >= 15 is 0 Å². The fourth-order valence-electron chi connectivity index (χ4n) is 2.97. The van der Waals surface area contributed by atoms with E-state index < -0.39 is 0 Å². The molecule has 3 rings (SSSR count). The van der Waals surface area contributed by atoms with Gasteiger partial charge in [-0.1, -0.05) is 24.3 Å². The summed E-state index contributed by atoms with van der Waals surface area (Å²) >= 11 is 0. The number of fused-ring (bicyclic) bond motifs is 1. The zero-order valence-corrected chi connectivity index (χ0v) is 13.0. The zero-order valence-electron chi connectivity index (χ0n) is 13.0. The van der Waals surface area contributed by atoms with E-state index in [1.54, 1.807) is 26.2 Å². The molecule has 0 amide bonds. The Morgan fingerprint density at radius 2 is 1.95 bits per heavy atom. The number of carbonyl (C=O) groups excluding carboxylic acids is 1. The number of methoxy groups -OCH3 is 1. The molecule has 0 saturated heterocycles. The van der Waals surface area contributed by atoms with E-state index in [0.717, 1.165) is 19.3 Å². The highest BCUT2D eigenvalue weighted by Gasteiger charge is 2.22. The molecule has 2 aromatic rings. The van der Waals surface area contributed by atoms with Gasteiger partial charge in [0.1, 0.15) is 6.10 Å². The molecule has 1 atom stereocenters. The zero-order chi connectivity index (χ0) is 15.5. The lowest BCUT2D eigenvalue weighted by Gasteiger charge is -2.27. The molecule has 22 heavy (non-hydrogen) atoms. The number of carbonyl (C=O) groups is 1. The van der Waals surface area contributed by atoms with Crippen LogP contribution in [-0.2, 0) is 6.42 Å². The van der Waals surface area contributed by atoms with Gasteiger partial charge in [-0.05, 0) is 55.5 Å². The first-order chi connectivity index (χ1) is 10.7. The summed E-state index contributed by atoms with van der Waals surface area (Å²) in [6.07, 6.45) is 3.27. The quantitative estimate of drug-likeness (QED) is 0.787. The molecule has 0 N–H and O–H groups in total. The number of Topliss-reactive ketones (excluding diaryl/α,β-unsaturated/α-hetero) is 1. The largest absolute Gasteiger partial charge is 0.493 e. The Balaban J connectivity index is 1.89. The molecule has 0 aromatic heterocycles. The van der Waals surface area contributed by atoms with Crippen molar-refractivity contribution in [3.63, 3.8) is 0 Å². The van der Waals surface area contributed by atoms with Crippen LogP contribution in [0.2, 0.25) is 0 Å². The Morgan fingerprint density at radius 1 is 1.14 bits per heavy atom. The summed E-state index contributed by atoms with van der Waals surface area (Å²) in [7, 11) is 1.60. The second-order valence-electron chi connectivity index (χ2n) is 5.62. The van der Waals surface area contributed by atoms with Gasteiger partial charge in [0.2, 0.25) is 0 Å². The van der Waals surface area contributed by atoms with Gasteiger partial charge in [-0.25, -0.2) is 0 Å². The Morgan fingerprint density at radius 3 is 2.73 bits per heavy atom. The Labute approximate surface area is 130 Å². The van der Waals surface area contributed by atoms with Crippen LogP contribution < -0.4 is 9.47 Å². The molecule has 114 valence electrons. The first-order valence-corrected chi connectivity index (χ1v) is 7.62. The predicted molar refractivity (Wildman–Crippen MR) is 85.7 cm³/mol. The second kappa shape index (κ2) is 6.22. The molecule has 0 saturated carbocycles. The standard InChI is InChI=1S/C19H20O3/c1-13(20)15-10-11-18(19(12-15)21-2)22-17-9-5-7-14-6-3-4-8-16(14)17/h3-4,6,8,10-12,17H,5,7,9H2,1-2H3. The van der Waals surface area contributed by atoms with Gasteiger partial charge in [0.25, 0.3) is 0 Å². The normalized spacial score (nSPS) is 16.7. The summed E-state index contributed by atoms with van der Waals surface area (Å²) in [5.74, 6) is 1.32. The molecule has 1 aliphatic rings. The van der Waals surface area contributed by atoms with Crippen LogP contribution in [0, 0.1) is 0 Å². The Bertz CT molecular complexity index is 691. The molecule has 3 heteroatoms. The highest BCUT2D eigenvalue weighted by atomic mass is 16.5. The van der Waals surface area contributed by atoms with Crippen molar-refractivity contribution >= 4 is 5.78 Å². The third-order valence-electron chi connectivity index (χ3n) is 4.15. The minimum Gasteiger partial charge on any atom is -0.493 e. The van der Waals surface area contributed by atoms with E-state index in [-0.39, 0.29) is 11.9 Å². The Kier molecular flexibility index (Phi) is 4.14. The summed E-state index contributed by atoms with van der Waals surface area (Å²) in [5, 5.41) is 0. The Hall–Kier alpha value is -2.29. The van der Waals surface area contributed by atoms with E-state index in [4.69, 9.17) is 9.47 Å².